The molecule has 2 heterocycles. The van der Waals surface area contributed by atoms with Gasteiger partial charge in [-0.3, -0.25) is 18.7 Å². The van der Waals surface area contributed by atoms with Gasteiger partial charge in [0.15, 0.2) is 0 Å². The van der Waals surface area contributed by atoms with Crippen molar-refractivity contribution < 1.29 is 4.79 Å². The number of hydrogen-bond donors (Lipinski definition) is 1. The van der Waals surface area contributed by atoms with Gasteiger partial charge in [0.05, 0.1) is 5.52 Å². The summed E-state index contributed by atoms with van der Waals surface area (Å²) in [4.78, 5) is 38.1. The van der Waals surface area contributed by atoms with Gasteiger partial charge in [-0.2, -0.15) is 0 Å². The molecule has 0 radical (unpaired) electrons. The molecule has 3 aromatic rings. The molecular weight excluding hydrogens is 362 g/mol. The minimum atomic E-state index is -0.432. The highest BCUT2D eigenvalue weighted by Gasteiger charge is 2.16. The van der Waals surface area contributed by atoms with Gasteiger partial charge in [-0.1, -0.05) is 38.5 Å². The van der Waals surface area contributed by atoms with E-state index in [-0.39, 0.29) is 18.0 Å². The van der Waals surface area contributed by atoms with Crippen LogP contribution in [-0.4, -0.2) is 15.0 Å². The molecule has 1 amide bonds. The number of hydrogen-bond acceptors (Lipinski definition) is 4. The second-order valence-corrected chi connectivity index (χ2v) is 7.29. The third-order valence-corrected chi connectivity index (χ3v) is 5.44. The maximum absolute atomic E-state index is 12.9. The van der Waals surface area contributed by atoms with Gasteiger partial charge in [-0.25, -0.2) is 4.79 Å². The van der Waals surface area contributed by atoms with Crippen molar-refractivity contribution in [3.8, 4) is 0 Å². The van der Waals surface area contributed by atoms with E-state index in [1.54, 1.807) is 11.4 Å². The largest absolute Gasteiger partial charge is 0.332 e. The normalized spacial score (nSPS) is 11.0. The van der Waals surface area contributed by atoms with Crippen LogP contribution in [0.4, 0.5) is 5.69 Å². The lowest BCUT2D eigenvalue weighted by Gasteiger charge is -2.13. The molecule has 142 valence electrons. The summed E-state index contributed by atoms with van der Waals surface area (Å²) in [6.45, 7) is 4.26. The number of unbranched alkanes of at least 4 members (excludes halogenated alkanes) is 1. The summed E-state index contributed by atoms with van der Waals surface area (Å²) in [7, 11) is 0. The topological polar surface area (TPSA) is 73.1 Å². The SMILES string of the molecule is CCCCn1c(=O)c2sccc2n(CC(=O)Nc2ccccc2CC)c1=O. The molecule has 3 rings (SSSR count). The molecule has 0 aliphatic carbocycles. The highest BCUT2D eigenvalue weighted by molar-refractivity contribution is 7.17. The van der Waals surface area contributed by atoms with Gasteiger partial charge in [0.25, 0.3) is 5.56 Å². The van der Waals surface area contributed by atoms with E-state index in [0.717, 1.165) is 30.5 Å². The summed E-state index contributed by atoms with van der Waals surface area (Å²) < 4.78 is 3.15. The predicted molar refractivity (Wildman–Crippen MR) is 110 cm³/mol. The summed E-state index contributed by atoms with van der Waals surface area (Å²) in [5.41, 5.74) is 1.59. The van der Waals surface area contributed by atoms with E-state index >= 15 is 0 Å². The number of carbonyl (C=O) groups is 1. The van der Waals surface area contributed by atoms with Crippen LogP contribution in [0, 0.1) is 0 Å². The average molecular weight is 385 g/mol. The Morgan fingerprint density at radius 3 is 2.63 bits per heavy atom. The Labute approximate surface area is 161 Å². The number of nitrogens with zero attached hydrogens (tertiary/aromatic N) is 2. The number of benzene rings is 1. The molecule has 1 aromatic carbocycles. The maximum Gasteiger partial charge on any atom is 0.332 e. The van der Waals surface area contributed by atoms with Crippen LogP contribution in [0.25, 0.3) is 10.2 Å². The Bertz CT molecular complexity index is 1080. The van der Waals surface area contributed by atoms with Crippen LogP contribution in [0.2, 0.25) is 0 Å². The van der Waals surface area contributed by atoms with E-state index in [0.29, 0.717) is 16.8 Å². The summed E-state index contributed by atoms with van der Waals surface area (Å²) in [5.74, 6) is -0.286. The number of thiophene rings is 1. The number of rotatable bonds is 7. The van der Waals surface area contributed by atoms with E-state index in [1.165, 1.54) is 20.5 Å². The van der Waals surface area contributed by atoms with Crippen LogP contribution < -0.4 is 16.6 Å². The first-order valence-corrected chi connectivity index (χ1v) is 10.0. The molecule has 0 bridgehead atoms. The number of carbonyl (C=O) groups excluding carboxylic acids is 1. The maximum atomic E-state index is 12.9. The molecule has 1 N–H and O–H groups in total. The fraction of sp³-hybridized carbons (Fsp3) is 0.350. The third kappa shape index (κ3) is 3.88. The molecule has 7 heteroatoms. The molecule has 0 saturated carbocycles. The molecule has 0 aliphatic rings. The van der Waals surface area contributed by atoms with Crippen molar-refractivity contribution in [2.75, 3.05) is 5.32 Å². The Kier molecular flexibility index (Phi) is 5.91. The Hall–Kier alpha value is -2.67. The lowest BCUT2D eigenvalue weighted by atomic mass is 10.1. The Morgan fingerprint density at radius 1 is 1.11 bits per heavy atom. The molecule has 0 atom stereocenters. The molecular formula is C20H23N3O3S. The lowest BCUT2D eigenvalue weighted by molar-refractivity contribution is -0.116. The van der Waals surface area contributed by atoms with Crippen LogP contribution in [0.5, 0.6) is 0 Å². The minimum Gasteiger partial charge on any atom is -0.324 e. The number of nitrogens with one attached hydrogen (secondary N) is 1. The van der Waals surface area contributed by atoms with Crippen molar-refractivity contribution in [2.24, 2.45) is 0 Å². The van der Waals surface area contributed by atoms with Gasteiger partial charge in [0.1, 0.15) is 11.2 Å². The minimum absolute atomic E-state index is 0.128. The van der Waals surface area contributed by atoms with E-state index in [1.807, 2.05) is 38.1 Å². The average Bonchev–Trinajstić information content (AvgIpc) is 3.15. The molecule has 0 spiro atoms. The highest BCUT2D eigenvalue weighted by atomic mass is 32.1. The fourth-order valence-electron chi connectivity index (χ4n) is 3.08. The monoisotopic (exact) mass is 385 g/mol. The summed E-state index contributed by atoms with van der Waals surface area (Å²) in [6, 6.07) is 9.33. The third-order valence-electron chi connectivity index (χ3n) is 4.55. The van der Waals surface area contributed by atoms with Gasteiger partial charge in [0.2, 0.25) is 5.91 Å². The first-order chi connectivity index (χ1) is 13.1. The number of amides is 1. The van der Waals surface area contributed by atoms with Crippen LogP contribution in [0.1, 0.15) is 32.3 Å². The van der Waals surface area contributed by atoms with Crippen LogP contribution in [-0.2, 0) is 24.3 Å². The summed E-state index contributed by atoms with van der Waals surface area (Å²) >= 11 is 1.30. The lowest BCUT2D eigenvalue weighted by Crippen LogP contribution is -2.41. The molecule has 0 fully saturated rings. The zero-order valence-electron chi connectivity index (χ0n) is 15.5. The zero-order chi connectivity index (χ0) is 19.4. The Balaban J connectivity index is 1.96. The second kappa shape index (κ2) is 8.35. The molecule has 6 nitrogen and oxygen atoms in total. The number of aromatic nitrogens is 2. The van der Waals surface area contributed by atoms with E-state index in [9.17, 15) is 14.4 Å². The standard InChI is InChI=1S/C20H23N3O3S/c1-3-5-11-22-19(25)18-16(10-12-27-18)23(20(22)26)13-17(24)21-15-9-7-6-8-14(15)4-2/h6-10,12H,3-5,11,13H2,1-2H3,(H,21,24). The predicted octanol–water partition coefficient (Wildman–Crippen LogP) is 3.23. The van der Waals surface area contributed by atoms with Crippen molar-refractivity contribution in [3.63, 3.8) is 0 Å². The first-order valence-electron chi connectivity index (χ1n) is 9.15. The van der Waals surface area contributed by atoms with Crippen LogP contribution >= 0.6 is 11.3 Å². The number of para-hydroxylation sites is 1. The van der Waals surface area contributed by atoms with Crippen LogP contribution in [0.15, 0.2) is 45.3 Å². The molecule has 27 heavy (non-hydrogen) atoms. The van der Waals surface area contributed by atoms with E-state index in [4.69, 9.17) is 0 Å². The zero-order valence-corrected chi connectivity index (χ0v) is 16.3. The number of anilines is 1. The van der Waals surface area contributed by atoms with Crippen LogP contribution in [0.3, 0.4) is 0 Å². The van der Waals surface area contributed by atoms with Crippen molar-refractivity contribution in [1.29, 1.82) is 0 Å². The molecule has 0 saturated heterocycles. The smallest absolute Gasteiger partial charge is 0.324 e. The summed E-state index contributed by atoms with van der Waals surface area (Å²) in [5, 5.41) is 4.66. The van der Waals surface area contributed by atoms with Crippen molar-refractivity contribution in [1.82, 2.24) is 9.13 Å². The van der Waals surface area contributed by atoms with E-state index in [2.05, 4.69) is 5.32 Å². The van der Waals surface area contributed by atoms with Crippen molar-refractivity contribution >= 4 is 33.1 Å². The van der Waals surface area contributed by atoms with Gasteiger partial charge >= 0.3 is 5.69 Å². The van der Waals surface area contributed by atoms with Crippen molar-refractivity contribution in [3.05, 3.63) is 62.1 Å². The summed E-state index contributed by atoms with van der Waals surface area (Å²) in [6.07, 6.45) is 2.41. The van der Waals surface area contributed by atoms with Gasteiger partial charge in [-0.05, 0) is 35.9 Å². The van der Waals surface area contributed by atoms with E-state index < -0.39 is 5.69 Å². The molecule has 0 aliphatic heterocycles. The number of fused-ring (bicyclic) bond motifs is 1. The highest BCUT2D eigenvalue weighted by Crippen LogP contribution is 2.17. The number of aryl methyl sites for hydroxylation is 1. The first kappa shape index (κ1) is 19.1. The molecule has 2 aromatic heterocycles. The molecule has 0 unspecified atom stereocenters. The second-order valence-electron chi connectivity index (χ2n) is 6.37. The van der Waals surface area contributed by atoms with Gasteiger partial charge in [-0.15, -0.1) is 11.3 Å². The fourth-order valence-corrected chi connectivity index (χ4v) is 3.93. The van der Waals surface area contributed by atoms with Gasteiger partial charge < -0.3 is 5.32 Å². The quantitative estimate of drug-likeness (QED) is 0.679. The Morgan fingerprint density at radius 2 is 1.89 bits per heavy atom. The van der Waals surface area contributed by atoms with Gasteiger partial charge in [0, 0.05) is 12.2 Å². The van der Waals surface area contributed by atoms with Crippen molar-refractivity contribution in [2.45, 2.75) is 46.2 Å².